The van der Waals surface area contributed by atoms with Crippen LogP contribution < -0.4 is 10.6 Å². The van der Waals surface area contributed by atoms with E-state index in [0.29, 0.717) is 19.0 Å². The van der Waals surface area contributed by atoms with E-state index in [0.717, 1.165) is 42.2 Å². The summed E-state index contributed by atoms with van der Waals surface area (Å²) >= 11 is 0. The van der Waals surface area contributed by atoms with Gasteiger partial charge in [0.25, 0.3) is 0 Å². The van der Waals surface area contributed by atoms with Gasteiger partial charge >= 0.3 is 6.16 Å². The number of allylic oxidation sites excluding steroid dienone is 2. The molecule has 2 fully saturated rings. The lowest BCUT2D eigenvalue weighted by molar-refractivity contribution is -0.132. The van der Waals surface area contributed by atoms with Crippen LogP contribution in [-0.2, 0) is 16.1 Å². The van der Waals surface area contributed by atoms with E-state index in [1.165, 1.54) is 5.57 Å². The van der Waals surface area contributed by atoms with Crippen molar-refractivity contribution in [2.24, 2.45) is 5.92 Å². The largest absolute Gasteiger partial charge is 0.528 e. The van der Waals surface area contributed by atoms with Gasteiger partial charge in [-0.15, -0.1) is 5.06 Å². The molecule has 2 unspecified atom stereocenters. The summed E-state index contributed by atoms with van der Waals surface area (Å²) in [6.45, 7) is 12.7. The summed E-state index contributed by atoms with van der Waals surface area (Å²) in [6, 6.07) is 6.10. The Balaban J connectivity index is 1.57. The number of hydroxylamine groups is 2. The molecule has 1 aromatic heterocycles. The summed E-state index contributed by atoms with van der Waals surface area (Å²) in [5.41, 5.74) is 9.46. The number of benzene rings is 1. The van der Waals surface area contributed by atoms with E-state index < -0.39 is 11.8 Å². The lowest BCUT2D eigenvalue weighted by atomic mass is 10.1. The first-order valence-corrected chi connectivity index (χ1v) is 10.9. The third kappa shape index (κ3) is 4.63. The summed E-state index contributed by atoms with van der Waals surface area (Å²) in [5, 5.41) is 1.73. The van der Waals surface area contributed by atoms with Gasteiger partial charge in [-0.3, -0.25) is 0 Å². The molecule has 4 rings (SSSR count). The number of fused-ring (bicyclic) bond motifs is 2. The molecule has 0 spiro atoms. The molecule has 168 valence electrons. The van der Waals surface area contributed by atoms with Crippen molar-refractivity contribution in [3.63, 3.8) is 0 Å². The molecule has 0 amide bonds. The van der Waals surface area contributed by atoms with Crippen molar-refractivity contribution in [1.29, 1.82) is 0 Å². The monoisotopic (exact) mass is 427 g/mol. The third-order valence-electron chi connectivity index (χ3n) is 5.80. The van der Waals surface area contributed by atoms with Gasteiger partial charge in [-0.1, -0.05) is 11.6 Å². The van der Waals surface area contributed by atoms with E-state index in [1.54, 1.807) is 5.06 Å². The van der Waals surface area contributed by atoms with E-state index in [4.69, 9.17) is 20.3 Å². The van der Waals surface area contributed by atoms with Crippen molar-refractivity contribution in [2.75, 3.05) is 30.3 Å². The smallest absolute Gasteiger partial charge is 0.427 e. The van der Waals surface area contributed by atoms with Gasteiger partial charge in [0.15, 0.2) is 0 Å². The average molecular weight is 428 g/mol. The molecular formula is C23H33N5O3. The lowest BCUT2D eigenvalue weighted by Gasteiger charge is -2.26. The first kappa shape index (κ1) is 21.5. The summed E-state index contributed by atoms with van der Waals surface area (Å²) in [5.74, 6) is 1.37. The van der Waals surface area contributed by atoms with Crippen molar-refractivity contribution >= 4 is 28.8 Å². The second kappa shape index (κ2) is 8.07. The number of carbonyl (C=O) groups excluding carboxylic acids is 1. The lowest BCUT2D eigenvalue weighted by Crippen LogP contribution is -2.38. The van der Waals surface area contributed by atoms with Crippen LogP contribution in [0.1, 0.15) is 41.0 Å². The molecule has 8 heteroatoms. The van der Waals surface area contributed by atoms with Gasteiger partial charge in [0.1, 0.15) is 5.60 Å². The zero-order valence-corrected chi connectivity index (χ0v) is 19.1. The van der Waals surface area contributed by atoms with Gasteiger partial charge in [-0.2, -0.15) is 0 Å². The van der Waals surface area contributed by atoms with E-state index in [1.807, 2.05) is 39.0 Å². The topological polar surface area (TPSA) is 85.8 Å². The second-order valence-electron chi connectivity index (χ2n) is 9.76. The fourth-order valence-electron chi connectivity index (χ4n) is 4.42. The SMILES string of the molecule is CC(C)=CCn1c(N2CCC3CN(OC(=O)OC(C)(C)C)CC32)nc2ccc(N)cc21. The number of hydrogen-bond donors (Lipinski definition) is 1. The van der Waals surface area contributed by atoms with Crippen molar-refractivity contribution in [3.05, 3.63) is 29.8 Å². The van der Waals surface area contributed by atoms with Crippen LogP contribution in [0.2, 0.25) is 0 Å². The zero-order valence-electron chi connectivity index (χ0n) is 19.1. The summed E-state index contributed by atoms with van der Waals surface area (Å²) in [4.78, 5) is 24.9. The number of nitrogens with two attached hydrogens (primary N) is 1. The van der Waals surface area contributed by atoms with Crippen LogP contribution in [0.25, 0.3) is 11.0 Å². The van der Waals surface area contributed by atoms with Crippen LogP contribution in [0, 0.1) is 5.92 Å². The number of hydrogen-bond acceptors (Lipinski definition) is 7. The number of rotatable bonds is 4. The Morgan fingerprint density at radius 3 is 2.77 bits per heavy atom. The molecule has 2 N–H and O–H groups in total. The van der Waals surface area contributed by atoms with E-state index >= 15 is 0 Å². The minimum absolute atomic E-state index is 0.238. The Morgan fingerprint density at radius 1 is 1.29 bits per heavy atom. The number of nitrogen functional groups attached to an aromatic ring is 1. The summed E-state index contributed by atoms with van der Waals surface area (Å²) in [6.07, 6.45) is 2.59. The fraction of sp³-hybridized carbons (Fsp3) is 0.565. The zero-order chi connectivity index (χ0) is 22.3. The third-order valence-corrected chi connectivity index (χ3v) is 5.80. The Morgan fingerprint density at radius 2 is 2.06 bits per heavy atom. The predicted molar refractivity (Wildman–Crippen MR) is 122 cm³/mol. The number of anilines is 2. The van der Waals surface area contributed by atoms with Crippen LogP contribution in [0.3, 0.4) is 0 Å². The molecule has 2 aromatic rings. The van der Waals surface area contributed by atoms with Crippen LogP contribution >= 0.6 is 0 Å². The highest BCUT2D eigenvalue weighted by atomic mass is 16.8. The Labute approximate surface area is 183 Å². The van der Waals surface area contributed by atoms with Crippen molar-refractivity contribution < 1.29 is 14.4 Å². The molecule has 2 saturated heterocycles. The van der Waals surface area contributed by atoms with E-state index in [2.05, 4.69) is 29.4 Å². The first-order chi connectivity index (χ1) is 14.6. The van der Waals surface area contributed by atoms with Crippen LogP contribution in [0.4, 0.5) is 16.4 Å². The number of aromatic nitrogens is 2. The summed E-state index contributed by atoms with van der Waals surface area (Å²) < 4.78 is 7.54. The maximum atomic E-state index is 12.1. The molecule has 3 heterocycles. The van der Waals surface area contributed by atoms with Crippen molar-refractivity contribution in [2.45, 2.75) is 59.2 Å². The standard InChI is InChI=1S/C23H33N5O3/c1-15(2)8-10-27-19-12-17(24)6-7-18(19)25-21(27)28-11-9-16-13-26(14-20(16)28)31-22(29)30-23(3,4)5/h6-8,12,16,20H,9-11,13-14,24H2,1-5H3. The highest BCUT2D eigenvalue weighted by Crippen LogP contribution is 2.36. The van der Waals surface area contributed by atoms with Gasteiger partial charge < -0.3 is 24.8 Å². The second-order valence-corrected chi connectivity index (χ2v) is 9.76. The Bertz CT molecular complexity index is 1000. The predicted octanol–water partition coefficient (Wildman–Crippen LogP) is 3.96. The number of ether oxygens (including phenoxy) is 1. The molecule has 0 saturated carbocycles. The highest BCUT2D eigenvalue weighted by molar-refractivity contribution is 5.82. The highest BCUT2D eigenvalue weighted by Gasteiger charge is 2.44. The van der Waals surface area contributed by atoms with Crippen LogP contribution in [-0.4, -0.2) is 52.0 Å². The fourth-order valence-corrected chi connectivity index (χ4v) is 4.42. The molecule has 0 radical (unpaired) electrons. The van der Waals surface area contributed by atoms with Crippen molar-refractivity contribution in [1.82, 2.24) is 14.6 Å². The number of carbonyl (C=O) groups is 1. The maximum Gasteiger partial charge on any atom is 0.528 e. The minimum Gasteiger partial charge on any atom is -0.427 e. The molecule has 31 heavy (non-hydrogen) atoms. The number of nitrogens with zero attached hydrogens (tertiary/aromatic N) is 4. The maximum absolute atomic E-state index is 12.1. The average Bonchev–Trinajstić information content (AvgIpc) is 3.30. The summed E-state index contributed by atoms with van der Waals surface area (Å²) in [7, 11) is 0. The molecule has 2 aliphatic rings. The van der Waals surface area contributed by atoms with Gasteiger partial charge in [-0.25, -0.2) is 9.78 Å². The van der Waals surface area contributed by atoms with Gasteiger partial charge in [0, 0.05) is 25.3 Å². The Hall–Kier alpha value is -2.74. The van der Waals surface area contributed by atoms with Crippen molar-refractivity contribution in [3.8, 4) is 0 Å². The number of imidazole rings is 1. The molecule has 2 atom stereocenters. The van der Waals surface area contributed by atoms with Crippen LogP contribution in [0.5, 0.6) is 0 Å². The first-order valence-electron chi connectivity index (χ1n) is 10.9. The normalized spacial score (nSPS) is 21.4. The molecule has 1 aromatic carbocycles. The van der Waals surface area contributed by atoms with Gasteiger partial charge in [-0.05, 0) is 65.2 Å². The molecule has 0 aliphatic carbocycles. The van der Waals surface area contributed by atoms with Crippen LogP contribution in [0.15, 0.2) is 29.8 Å². The Kier molecular flexibility index (Phi) is 5.60. The van der Waals surface area contributed by atoms with E-state index in [9.17, 15) is 4.79 Å². The van der Waals surface area contributed by atoms with E-state index in [-0.39, 0.29) is 6.04 Å². The molecule has 0 bridgehead atoms. The van der Waals surface area contributed by atoms with Gasteiger partial charge in [0.2, 0.25) is 5.95 Å². The van der Waals surface area contributed by atoms with Gasteiger partial charge in [0.05, 0.1) is 23.6 Å². The quantitative estimate of drug-likeness (QED) is 0.449. The molecule has 8 nitrogen and oxygen atoms in total. The minimum atomic E-state index is -0.648. The molecule has 2 aliphatic heterocycles. The molecular weight excluding hydrogens is 394 g/mol.